The third kappa shape index (κ3) is 7.13. The molecule has 1 rings (SSSR count). The van der Waals surface area contributed by atoms with Gasteiger partial charge in [0.15, 0.2) is 0 Å². The van der Waals surface area contributed by atoms with E-state index in [0.29, 0.717) is 6.54 Å². The summed E-state index contributed by atoms with van der Waals surface area (Å²) < 4.78 is 26.2. The fourth-order valence-electron chi connectivity index (χ4n) is 1.65. The molecule has 1 N–H and O–H groups in total. The normalized spacial score (nSPS) is 11.6. The van der Waals surface area contributed by atoms with Crippen LogP contribution in [-0.2, 0) is 15.8 Å². The summed E-state index contributed by atoms with van der Waals surface area (Å²) in [6.45, 7) is 0.539. The molecule has 102 valence electrons. The van der Waals surface area contributed by atoms with Crippen molar-refractivity contribution in [1.82, 2.24) is 4.72 Å². The average Bonchev–Trinajstić information content (AvgIpc) is 2.34. The minimum atomic E-state index is -3.19. The molecule has 0 atom stereocenters. The first-order valence-corrected chi connectivity index (χ1v) is 8.98. The Morgan fingerprint density at radius 2 is 1.67 bits per heavy atom. The molecule has 0 aliphatic carbocycles. The van der Waals surface area contributed by atoms with Gasteiger partial charge >= 0.3 is 0 Å². The molecule has 0 aliphatic heterocycles. The second kappa shape index (κ2) is 8.67. The Kier molecular flexibility index (Phi) is 7.54. The fraction of sp³-hybridized carbons (Fsp3) is 0.538. The van der Waals surface area contributed by atoms with Crippen LogP contribution in [0.15, 0.2) is 30.3 Å². The Morgan fingerprint density at radius 1 is 1.00 bits per heavy atom. The van der Waals surface area contributed by atoms with Crippen LogP contribution in [0.1, 0.15) is 31.2 Å². The van der Waals surface area contributed by atoms with Crippen molar-refractivity contribution in [3.8, 4) is 0 Å². The zero-order chi connectivity index (χ0) is 13.3. The lowest BCUT2D eigenvalue weighted by Gasteiger charge is -2.06. The standard InChI is InChI=1S/C13H20BrNO2S/c14-10-6-1-2-7-11-15-18(16,17)12-13-8-4-3-5-9-13/h3-5,8-9,15H,1-2,6-7,10-12H2. The van der Waals surface area contributed by atoms with E-state index in [4.69, 9.17) is 0 Å². The van der Waals surface area contributed by atoms with E-state index in [0.717, 1.165) is 36.6 Å². The Morgan fingerprint density at radius 3 is 2.33 bits per heavy atom. The highest BCUT2D eigenvalue weighted by Gasteiger charge is 2.09. The zero-order valence-corrected chi connectivity index (χ0v) is 12.8. The predicted octanol–water partition coefficient (Wildman–Crippen LogP) is 3.06. The van der Waals surface area contributed by atoms with Crippen LogP contribution < -0.4 is 4.72 Å². The summed E-state index contributed by atoms with van der Waals surface area (Å²) in [5.41, 5.74) is 0.823. The van der Waals surface area contributed by atoms with E-state index in [1.165, 1.54) is 0 Å². The van der Waals surface area contributed by atoms with Gasteiger partial charge in [0, 0.05) is 11.9 Å². The number of halogens is 1. The van der Waals surface area contributed by atoms with Crippen LogP contribution in [0.25, 0.3) is 0 Å². The molecular weight excluding hydrogens is 314 g/mol. The number of alkyl halides is 1. The lowest BCUT2D eigenvalue weighted by molar-refractivity contribution is 0.573. The summed E-state index contributed by atoms with van der Waals surface area (Å²) >= 11 is 3.38. The monoisotopic (exact) mass is 333 g/mol. The first-order valence-electron chi connectivity index (χ1n) is 6.21. The van der Waals surface area contributed by atoms with Crippen molar-refractivity contribution in [3.63, 3.8) is 0 Å². The van der Waals surface area contributed by atoms with Crippen LogP contribution in [0.5, 0.6) is 0 Å². The predicted molar refractivity (Wildman–Crippen MR) is 79.3 cm³/mol. The molecule has 0 unspecified atom stereocenters. The van der Waals surface area contributed by atoms with Crippen molar-refractivity contribution in [2.24, 2.45) is 0 Å². The number of rotatable bonds is 9. The largest absolute Gasteiger partial charge is 0.215 e. The van der Waals surface area contributed by atoms with Gasteiger partial charge in [0.25, 0.3) is 0 Å². The topological polar surface area (TPSA) is 46.2 Å². The van der Waals surface area contributed by atoms with Crippen LogP contribution in [0.4, 0.5) is 0 Å². The van der Waals surface area contributed by atoms with Gasteiger partial charge in [0.2, 0.25) is 10.0 Å². The van der Waals surface area contributed by atoms with Crippen LogP contribution in [0, 0.1) is 0 Å². The Bertz CT molecular complexity index is 420. The Labute approximate surface area is 118 Å². The van der Waals surface area contributed by atoms with E-state index in [-0.39, 0.29) is 5.75 Å². The molecule has 1 aromatic carbocycles. The maximum Gasteiger partial charge on any atom is 0.215 e. The molecular formula is C13H20BrNO2S. The average molecular weight is 334 g/mol. The van der Waals surface area contributed by atoms with Gasteiger partial charge in [0.05, 0.1) is 5.75 Å². The van der Waals surface area contributed by atoms with Crippen molar-refractivity contribution in [1.29, 1.82) is 0 Å². The van der Waals surface area contributed by atoms with Crippen LogP contribution in [0.3, 0.4) is 0 Å². The number of sulfonamides is 1. The molecule has 0 bridgehead atoms. The SMILES string of the molecule is O=S(=O)(Cc1ccccc1)NCCCCCCBr. The van der Waals surface area contributed by atoms with Crippen molar-refractivity contribution < 1.29 is 8.42 Å². The maximum absolute atomic E-state index is 11.8. The second-order valence-electron chi connectivity index (χ2n) is 4.24. The molecule has 3 nitrogen and oxygen atoms in total. The molecule has 0 fully saturated rings. The number of nitrogens with one attached hydrogen (secondary N) is 1. The highest BCUT2D eigenvalue weighted by atomic mass is 79.9. The van der Waals surface area contributed by atoms with Gasteiger partial charge < -0.3 is 0 Å². The van der Waals surface area contributed by atoms with Crippen molar-refractivity contribution in [3.05, 3.63) is 35.9 Å². The molecule has 5 heteroatoms. The third-order valence-electron chi connectivity index (χ3n) is 2.58. The summed E-state index contributed by atoms with van der Waals surface area (Å²) in [6, 6.07) is 9.24. The van der Waals surface area contributed by atoms with Gasteiger partial charge in [-0.2, -0.15) is 0 Å². The number of benzene rings is 1. The van der Waals surface area contributed by atoms with E-state index < -0.39 is 10.0 Å². The lowest BCUT2D eigenvalue weighted by atomic mass is 10.2. The molecule has 0 heterocycles. The quantitative estimate of drug-likeness (QED) is 0.557. The van der Waals surface area contributed by atoms with Gasteiger partial charge in [-0.3, -0.25) is 0 Å². The van der Waals surface area contributed by atoms with Crippen LogP contribution >= 0.6 is 15.9 Å². The molecule has 0 radical (unpaired) electrons. The molecule has 0 saturated carbocycles. The molecule has 1 aromatic rings. The van der Waals surface area contributed by atoms with Crippen LogP contribution in [0.2, 0.25) is 0 Å². The number of unbranched alkanes of at least 4 members (excludes halogenated alkanes) is 3. The van der Waals surface area contributed by atoms with E-state index in [1.54, 1.807) is 0 Å². The summed E-state index contributed by atoms with van der Waals surface area (Å²) in [5.74, 6) is 0.0647. The third-order valence-corrected chi connectivity index (χ3v) is 4.50. The van der Waals surface area contributed by atoms with Crippen molar-refractivity contribution >= 4 is 26.0 Å². The van der Waals surface area contributed by atoms with E-state index in [2.05, 4.69) is 20.7 Å². The lowest BCUT2D eigenvalue weighted by Crippen LogP contribution is -2.26. The summed E-state index contributed by atoms with van der Waals surface area (Å²) in [4.78, 5) is 0. The smallest absolute Gasteiger partial charge is 0.215 e. The Balaban J connectivity index is 2.24. The van der Waals surface area contributed by atoms with Gasteiger partial charge in [-0.15, -0.1) is 0 Å². The summed E-state index contributed by atoms with van der Waals surface area (Å²) in [6.07, 6.45) is 4.27. The first-order chi connectivity index (χ1) is 8.64. The van der Waals surface area contributed by atoms with E-state index in [9.17, 15) is 8.42 Å². The summed E-state index contributed by atoms with van der Waals surface area (Å²) in [7, 11) is -3.19. The van der Waals surface area contributed by atoms with Gasteiger partial charge in [0.1, 0.15) is 0 Å². The van der Waals surface area contributed by atoms with E-state index in [1.807, 2.05) is 30.3 Å². The maximum atomic E-state index is 11.8. The van der Waals surface area contributed by atoms with Gasteiger partial charge in [-0.05, 0) is 18.4 Å². The number of hydrogen-bond acceptors (Lipinski definition) is 2. The molecule has 0 amide bonds. The highest BCUT2D eigenvalue weighted by Crippen LogP contribution is 2.05. The molecule has 0 spiro atoms. The first kappa shape index (κ1) is 15.7. The molecule has 0 aliphatic rings. The Hall–Kier alpha value is -0.390. The molecule has 0 saturated heterocycles. The minimum absolute atomic E-state index is 0.0647. The second-order valence-corrected chi connectivity index (χ2v) is 6.84. The minimum Gasteiger partial charge on any atom is -0.215 e. The molecule has 0 aromatic heterocycles. The van der Waals surface area contributed by atoms with Crippen molar-refractivity contribution in [2.45, 2.75) is 31.4 Å². The fourth-order valence-corrected chi connectivity index (χ4v) is 3.23. The van der Waals surface area contributed by atoms with Crippen molar-refractivity contribution in [2.75, 3.05) is 11.9 Å². The molecule has 18 heavy (non-hydrogen) atoms. The highest BCUT2D eigenvalue weighted by molar-refractivity contribution is 9.09. The van der Waals surface area contributed by atoms with E-state index >= 15 is 0 Å². The zero-order valence-electron chi connectivity index (χ0n) is 10.4. The van der Waals surface area contributed by atoms with Crippen LogP contribution in [-0.4, -0.2) is 20.3 Å². The number of hydrogen-bond donors (Lipinski definition) is 1. The van der Waals surface area contributed by atoms with Gasteiger partial charge in [-0.1, -0.05) is 59.1 Å². The van der Waals surface area contributed by atoms with Gasteiger partial charge in [-0.25, -0.2) is 13.1 Å². The summed E-state index contributed by atoms with van der Waals surface area (Å²) in [5, 5.41) is 1.02.